The van der Waals surface area contributed by atoms with Gasteiger partial charge >= 0.3 is 8.80 Å². The van der Waals surface area contributed by atoms with E-state index in [1.54, 1.807) is 27.0 Å². The van der Waals surface area contributed by atoms with Crippen molar-refractivity contribution in [3.05, 3.63) is 12.3 Å². The highest BCUT2D eigenvalue weighted by molar-refractivity contribution is 6.66. The molecule has 0 aliphatic heterocycles. The SMILES string of the molecule is C=C[Si](OC)(OC)OC.N=C=O. The summed E-state index contributed by atoms with van der Waals surface area (Å²) >= 11 is 0. The minimum atomic E-state index is -2.43. The van der Waals surface area contributed by atoms with Crippen molar-refractivity contribution < 1.29 is 18.1 Å². The first-order chi connectivity index (χ1) is 5.66. The van der Waals surface area contributed by atoms with Gasteiger partial charge in [-0.3, -0.25) is 0 Å². The third kappa shape index (κ3) is 4.95. The van der Waals surface area contributed by atoms with Crippen molar-refractivity contribution in [1.29, 1.82) is 5.41 Å². The Bertz CT molecular complexity index is 143. The van der Waals surface area contributed by atoms with Crippen LogP contribution in [0.3, 0.4) is 0 Å². The smallest absolute Gasteiger partial charge is 0.374 e. The largest absolute Gasteiger partial charge is 0.528 e. The molecular weight excluding hydrogens is 178 g/mol. The van der Waals surface area contributed by atoms with Gasteiger partial charge in [0.15, 0.2) is 0 Å². The van der Waals surface area contributed by atoms with Crippen LogP contribution in [0.1, 0.15) is 0 Å². The second-order valence-corrected chi connectivity index (χ2v) is 4.36. The van der Waals surface area contributed by atoms with Gasteiger partial charge in [-0.15, -0.1) is 0 Å². The lowest BCUT2D eigenvalue weighted by Crippen LogP contribution is -2.40. The number of hydrogen-bond acceptors (Lipinski definition) is 5. The summed E-state index contributed by atoms with van der Waals surface area (Å²) in [4.78, 5) is 8.35. The molecule has 0 amide bonds. The van der Waals surface area contributed by atoms with Crippen molar-refractivity contribution in [3.8, 4) is 0 Å². The number of isocyanates is 1. The summed E-state index contributed by atoms with van der Waals surface area (Å²) in [5.41, 5.74) is 1.58. The van der Waals surface area contributed by atoms with Crippen LogP contribution in [0.5, 0.6) is 0 Å². The molecule has 1 N–H and O–H groups in total. The van der Waals surface area contributed by atoms with Crippen molar-refractivity contribution in [2.24, 2.45) is 0 Å². The van der Waals surface area contributed by atoms with Crippen LogP contribution in [0.15, 0.2) is 12.3 Å². The van der Waals surface area contributed by atoms with Gasteiger partial charge in [0, 0.05) is 21.3 Å². The van der Waals surface area contributed by atoms with Gasteiger partial charge < -0.3 is 13.3 Å². The summed E-state index contributed by atoms with van der Waals surface area (Å²) in [6.07, 6.45) is 0.750. The molecule has 0 unspecified atom stereocenters. The third-order valence-corrected chi connectivity index (χ3v) is 3.31. The third-order valence-electron chi connectivity index (χ3n) is 1.10. The molecule has 0 bridgehead atoms. The second-order valence-electron chi connectivity index (χ2n) is 1.52. The predicted octanol–water partition coefficient (Wildman–Crippen LogP) is 0.491. The van der Waals surface area contributed by atoms with E-state index in [1.807, 2.05) is 0 Å². The maximum atomic E-state index is 8.35. The average molecular weight is 191 g/mol. The maximum absolute atomic E-state index is 8.35. The van der Waals surface area contributed by atoms with Gasteiger partial charge in [-0.2, -0.15) is 0 Å². The van der Waals surface area contributed by atoms with E-state index >= 15 is 0 Å². The van der Waals surface area contributed by atoms with Gasteiger partial charge in [0.05, 0.1) is 0 Å². The molecular formula is C6H13NO4Si. The molecule has 0 saturated carbocycles. The minimum Gasteiger partial charge on any atom is -0.374 e. The summed E-state index contributed by atoms with van der Waals surface area (Å²) in [7, 11) is 2.20. The number of rotatable bonds is 4. The Kier molecular flexibility index (Phi) is 9.55. The van der Waals surface area contributed by atoms with Crippen molar-refractivity contribution in [2.75, 3.05) is 21.3 Å². The van der Waals surface area contributed by atoms with Crippen molar-refractivity contribution in [3.63, 3.8) is 0 Å². The van der Waals surface area contributed by atoms with Crippen LogP contribution in [0.4, 0.5) is 0 Å². The first-order valence-electron chi connectivity index (χ1n) is 2.99. The quantitative estimate of drug-likeness (QED) is 0.399. The molecule has 0 saturated heterocycles. The summed E-state index contributed by atoms with van der Waals surface area (Å²) in [6.45, 7) is 3.53. The fraction of sp³-hybridized carbons (Fsp3) is 0.500. The molecule has 0 fully saturated rings. The summed E-state index contributed by atoms with van der Waals surface area (Å²) < 4.78 is 14.9. The fourth-order valence-electron chi connectivity index (χ4n) is 0.500. The Morgan fingerprint density at radius 1 is 1.33 bits per heavy atom. The molecule has 0 aromatic heterocycles. The highest BCUT2D eigenvalue weighted by atomic mass is 28.4. The van der Waals surface area contributed by atoms with Gasteiger partial charge in [-0.05, 0) is 5.70 Å². The molecule has 0 atom stereocenters. The molecule has 5 nitrogen and oxygen atoms in total. The molecule has 0 aliphatic carbocycles. The van der Waals surface area contributed by atoms with E-state index in [0.29, 0.717) is 0 Å². The Labute approximate surface area is 72.8 Å². The molecule has 70 valence electrons. The lowest BCUT2D eigenvalue weighted by Gasteiger charge is -2.19. The standard InChI is InChI=1S/C5H12O3Si.CHNO/c1-5-9(6-2,7-3)8-4;2-1-3/h5H,1H2,2-4H3;2H. The molecule has 6 heteroatoms. The highest BCUT2D eigenvalue weighted by Gasteiger charge is 2.33. The van der Waals surface area contributed by atoms with Gasteiger partial charge in [0.1, 0.15) is 0 Å². The summed E-state index contributed by atoms with van der Waals surface area (Å²) in [6, 6.07) is 0. The molecule has 0 heterocycles. The average Bonchev–Trinajstić information content (AvgIpc) is 2.11. The van der Waals surface area contributed by atoms with E-state index in [4.69, 9.17) is 23.5 Å². The Hall–Kier alpha value is -0.783. The summed E-state index contributed by atoms with van der Waals surface area (Å²) in [5, 5.41) is 5.40. The number of nitrogens with one attached hydrogen (secondary N) is 1. The molecule has 0 aliphatic rings. The van der Waals surface area contributed by atoms with Crippen LogP contribution in [-0.4, -0.2) is 36.2 Å². The molecule has 12 heavy (non-hydrogen) atoms. The molecule has 0 aromatic rings. The highest BCUT2D eigenvalue weighted by Crippen LogP contribution is 2.04. The van der Waals surface area contributed by atoms with E-state index in [0.717, 1.165) is 6.08 Å². The molecule has 0 spiro atoms. The van der Waals surface area contributed by atoms with Crippen molar-refractivity contribution >= 4 is 14.9 Å². The summed E-state index contributed by atoms with van der Waals surface area (Å²) in [5.74, 6) is 0. The van der Waals surface area contributed by atoms with Gasteiger partial charge in [0.2, 0.25) is 6.08 Å². The van der Waals surface area contributed by atoms with Crippen LogP contribution in [0.25, 0.3) is 0 Å². The lowest BCUT2D eigenvalue weighted by atomic mass is 11.3. The molecule has 0 radical (unpaired) electrons. The van der Waals surface area contributed by atoms with E-state index in [2.05, 4.69) is 6.58 Å². The zero-order valence-electron chi connectivity index (χ0n) is 7.42. The Balaban J connectivity index is 0. The van der Waals surface area contributed by atoms with E-state index in [1.165, 1.54) is 0 Å². The topological polar surface area (TPSA) is 68.6 Å². The number of carbonyl (C=O) groups excluding carboxylic acids is 1. The van der Waals surface area contributed by atoms with Crippen LogP contribution in [-0.2, 0) is 18.1 Å². The van der Waals surface area contributed by atoms with E-state index < -0.39 is 8.80 Å². The van der Waals surface area contributed by atoms with Crippen molar-refractivity contribution in [1.82, 2.24) is 0 Å². The van der Waals surface area contributed by atoms with Gasteiger partial charge in [-0.1, -0.05) is 6.58 Å². The first-order valence-corrected chi connectivity index (χ1v) is 4.79. The Morgan fingerprint density at radius 3 is 1.58 bits per heavy atom. The molecule has 0 aromatic carbocycles. The molecule has 0 rings (SSSR count). The van der Waals surface area contributed by atoms with Gasteiger partial charge in [0.25, 0.3) is 0 Å². The number of hydrogen-bond donors (Lipinski definition) is 1. The predicted molar refractivity (Wildman–Crippen MR) is 45.4 cm³/mol. The first kappa shape index (κ1) is 13.8. The monoisotopic (exact) mass is 191 g/mol. The van der Waals surface area contributed by atoms with E-state index in [-0.39, 0.29) is 0 Å². The van der Waals surface area contributed by atoms with Crippen LogP contribution >= 0.6 is 0 Å². The Morgan fingerprint density at radius 2 is 1.58 bits per heavy atom. The van der Waals surface area contributed by atoms with Crippen LogP contribution < -0.4 is 0 Å². The lowest BCUT2D eigenvalue weighted by molar-refractivity contribution is 0.138. The van der Waals surface area contributed by atoms with Crippen LogP contribution in [0, 0.1) is 5.41 Å². The van der Waals surface area contributed by atoms with E-state index in [9.17, 15) is 0 Å². The van der Waals surface area contributed by atoms with Crippen molar-refractivity contribution in [2.45, 2.75) is 0 Å². The fourth-order valence-corrected chi connectivity index (χ4v) is 1.50. The van der Waals surface area contributed by atoms with Gasteiger partial charge in [-0.25, -0.2) is 10.2 Å². The minimum absolute atomic E-state index is 0.750. The zero-order valence-corrected chi connectivity index (χ0v) is 8.42. The zero-order chi connectivity index (χ0) is 10.0. The van der Waals surface area contributed by atoms with Crippen LogP contribution in [0.2, 0.25) is 0 Å². The normalized spacial score (nSPS) is 9.25. The maximum Gasteiger partial charge on any atom is 0.528 e. The second kappa shape index (κ2) is 8.31.